The van der Waals surface area contributed by atoms with Gasteiger partial charge < -0.3 is 9.30 Å². The molecule has 1 aliphatic rings. The quantitative estimate of drug-likeness (QED) is 0.844. The smallest absolute Gasteiger partial charge is 0.128 e. The second-order valence-electron chi connectivity index (χ2n) is 6.68. The zero-order chi connectivity index (χ0) is 17.1. The normalized spacial score (nSPS) is 18.8. The van der Waals surface area contributed by atoms with Gasteiger partial charge in [0.15, 0.2) is 0 Å². The Morgan fingerprint density at radius 3 is 2.88 bits per heavy atom. The molecule has 130 valence electrons. The topological polar surface area (TPSA) is 43.2 Å². The Bertz CT molecular complexity index is 695. The van der Waals surface area contributed by atoms with Gasteiger partial charge in [-0.25, -0.2) is 4.98 Å². The van der Waals surface area contributed by atoms with Gasteiger partial charge in [-0.2, -0.15) is 0 Å². The number of ether oxygens (including phenoxy) is 1. The van der Waals surface area contributed by atoms with E-state index in [1.54, 1.807) is 7.11 Å². The van der Waals surface area contributed by atoms with Crippen LogP contribution in [0.4, 0.5) is 0 Å². The molecule has 3 rings (SSSR count). The summed E-state index contributed by atoms with van der Waals surface area (Å²) in [6.45, 7) is 9.40. The summed E-state index contributed by atoms with van der Waals surface area (Å²) in [7, 11) is 1.74. The molecule has 1 saturated heterocycles. The fourth-order valence-corrected chi connectivity index (χ4v) is 3.79. The van der Waals surface area contributed by atoms with Crippen LogP contribution in [0.5, 0.6) is 5.75 Å². The summed E-state index contributed by atoms with van der Waals surface area (Å²) < 4.78 is 7.91. The minimum atomic E-state index is 0.517. The van der Waals surface area contributed by atoms with Crippen molar-refractivity contribution in [3.05, 3.63) is 41.2 Å². The lowest BCUT2D eigenvalue weighted by Crippen LogP contribution is -2.36. The summed E-state index contributed by atoms with van der Waals surface area (Å²) in [4.78, 5) is 11.7. The molecular formula is C19H28N4O. The van der Waals surface area contributed by atoms with E-state index in [0.717, 1.165) is 48.6 Å². The van der Waals surface area contributed by atoms with Crippen molar-refractivity contribution in [3.8, 4) is 5.75 Å². The fraction of sp³-hybridized carbons (Fsp3) is 0.579. The van der Waals surface area contributed by atoms with Crippen molar-refractivity contribution < 1.29 is 4.74 Å². The second-order valence-corrected chi connectivity index (χ2v) is 6.68. The number of pyridine rings is 1. The number of rotatable bonds is 5. The van der Waals surface area contributed by atoms with E-state index >= 15 is 0 Å². The van der Waals surface area contributed by atoms with Crippen molar-refractivity contribution in [3.63, 3.8) is 0 Å². The highest BCUT2D eigenvalue weighted by molar-refractivity contribution is 5.41. The monoisotopic (exact) mass is 328 g/mol. The summed E-state index contributed by atoms with van der Waals surface area (Å²) in [6, 6.07) is 0.517. The zero-order valence-corrected chi connectivity index (χ0v) is 15.2. The number of methoxy groups -OCH3 is 1. The second kappa shape index (κ2) is 7.34. The third-order valence-corrected chi connectivity index (χ3v) is 5.06. The van der Waals surface area contributed by atoms with E-state index < -0.39 is 0 Å². The van der Waals surface area contributed by atoms with Crippen LogP contribution >= 0.6 is 0 Å². The number of likely N-dealkylation sites (tertiary alicyclic amines) is 1. The first-order valence-electron chi connectivity index (χ1n) is 8.87. The van der Waals surface area contributed by atoms with Gasteiger partial charge in [-0.05, 0) is 33.2 Å². The van der Waals surface area contributed by atoms with Crippen LogP contribution in [0.2, 0.25) is 0 Å². The van der Waals surface area contributed by atoms with Gasteiger partial charge in [0.2, 0.25) is 0 Å². The van der Waals surface area contributed by atoms with Crippen molar-refractivity contribution in [2.45, 2.75) is 52.6 Å². The average Bonchev–Trinajstić information content (AvgIpc) is 3.07. The van der Waals surface area contributed by atoms with Crippen LogP contribution in [0.15, 0.2) is 18.6 Å². The third kappa shape index (κ3) is 3.31. The predicted molar refractivity (Wildman–Crippen MR) is 95.4 cm³/mol. The SMILES string of the molecule is CCc1nccn1C1CCCN(Cc2ncc(C)c(OC)c2C)C1. The van der Waals surface area contributed by atoms with Crippen molar-refractivity contribution >= 4 is 0 Å². The Labute approximate surface area is 144 Å². The zero-order valence-electron chi connectivity index (χ0n) is 15.2. The van der Waals surface area contributed by atoms with Crippen molar-refractivity contribution in [2.24, 2.45) is 0 Å². The number of hydrogen-bond acceptors (Lipinski definition) is 4. The minimum Gasteiger partial charge on any atom is -0.496 e. The summed E-state index contributed by atoms with van der Waals surface area (Å²) in [5.41, 5.74) is 3.39. The summed E-state index contributed by atoms with van der Waals surface area (Å²) in [5, 5.41) is 0. The van der Waals surface area contributed by atoms with E-state index in [-0.39, 0.29) is 0 Å². The Balaban J connectivity index is 1.74. The van der Waals surface area contributed by atoms with Gasteiger partial charge in [0, 0.05) is 55.3 Å². The van der Waals surface area contributed by atoms with Gasteiger partial charge in [-0.15, -0.1) is 0 Å². The van der Waals surface area contributed by atoms with Crippen LogP contribution in [0, 0.1) is 13.8 Å². The van der Waals surface area contributed by atoms with Crippen LogP contribution in [0.1, 0.15) is 48.5 Å². The average molecular weight is 328 g/mol. The first kappa shape index (κ1) is 17.0. The van der Waals surface area contributed by atoms with E-state index in [0.29, 0.717) is 6.04 Å². The predicted octanol–water partition coefficient (Wildman–Crippen LogP) is 3.30. The number of piperidine rings is 1. The van der Waals surface area contributed by atoms with Gasteiger partial charge in [-0.3, -0.25) is 9.88 Å². The number of aromatic nitrogens is 3. The Kier molecular flexibility index (Phi) is 5.19. The van der Waals surface area contributed by atoms with E-state index in [1.165, 1.54) is 18.7 Å². The van der Waals surface area contributed by atoms with Crippen LogP contribution in [-0.2, 0) is 13.0 Å². The van der Waals surface area contributed by atoms with Crippen molar-refractivity contribution in [1.29, 1.82) is 0 Å². The first-order chi connectivity index (χ1) is 11.6. The van der Waals surface area contributed by atoms with Crippen LogP contribution < -0.4 is 4.74 Å². The molecule has 2 aromatic heterocycles. The highest BCUT2D eigenvalue weighted by Gasteiger charge is 2.23. The lowest BCUT2D eigenvalue weighted by molar-refractivity contribution is 0.166. The summed E-state index contributed by atoms with van der Waals surface area (Å²) in [6.07, 6.45) is 9.41. The van der Waals surface area contributed by atoms with Gasteiger partial charge in [0.1, 0.15) is 11.6 Å². The molecule has 5 nitrogen and oxygen atoms in total. The van der Waals surface area contributed by atoms with Gasteiger partial charge in [0.05, 0.1) is 12.8 Å². The fourth-order valence-electron chi connectivity index (χ4n) is 3.79. The maximum atomic E-state index is 5.54. The molecule has 0 spiro atoms. The Morgan fingerprint density at radius 1 is 1.29 bits per heavy atom. The maximum Gasteiger partial charge on any atom is 0.128 e. The number of hydrogen-bond donors (Lipinski definition) is 0. The molecule has 1 aliphatic heterocycles. The highest BCUT2D eigenvalue weighted by atomic mass is 16.5. The first-order valence-corrected chi connectivity index (χ1v) is 8.87. The number of aryl methyl sites for hydroxylation is 2. The van der Waals surface area contributed by atoms with E-state index in [1.807, 2.05) is 19.3 Å². The van der Waals surface area contributed by atoms with Gasteiger partial charge >= 0.3 is 0 Å². The molecule has 5 heteroatoms. The molecule has 0 radical (unpaired) electrons. The third-order valence-electron chi connectivity index (χ3n) is 5.06. The molecule has 1 unspecified atom stereocenters. The largest absolute Gasteiger partial charge is 0.496 e. The molecular weight excluding hydrogens is 300 g/mol. The summed E-state index contributed by atoms with van der Waals surface area (Å²) >= 11 is 0. The summed E-state index contributed by atoms with van der Waals surface area (Å²) in [5.74, 6) is 2.16. The van der Waals surface area contributed by atoms with Gasteiger partial charge in [-0.1, -0.05) is 6.92 Å². The van der Waals surface area contributed by atoms with E-state index in [4.69, 9.17) is 4.74 Å². The van der Waals surface area contributed by atoms with Crippen molar-refractivity contribution in [1.82, 2.24) is 19.4 Å². The molecule has 0 aliphatic carbocycles. The van der Waals surface area contributed by atoms with E-state index in [9.17, 15) is 0 Å². The van der Waals surface area contributed by atoms with E-state index in [2.05, 4.69) is 39.5 Å². The molecule has 0 N–H and O–H groups in total. The highest BCUT2D eigenvalue weighted by Crippen LogP contribution is 2.27. The van der Waals surface area contributed by atoms with Crippen LogP contribution in [-0.4, -0.2) is 39.6 Å². The minimum absolute atomic E-state index is 0.517. The Hall–Kier alpha value is -1.88. The molecule has 0 aromatic carbocycles. The molecule has 0 amide bonds. The van der Waals surface area contributed by atoms with Crippen LogP contribution in [0.25, 0.3) is 0 Å². The van der Waals surface area contributed by atoms with Crippen molar-refractivity contribution in [2.75, 3.05) is 20.2 Å². The molecule has 0 saturated carbocycles. The molecule has 1 atom stereocenters. The number of nitrogens with zero attached hydrogens (tertiary/aromatic N) is 4. The lowest BCUT2D eigenvalue weighted by atomic mass is 10.0. The Morgan fingerprint density at radius 2 is 2.12 bits per heavy atom. The molecule has 2 aromatic rings. The molecule has 3 heterocycles. The maximum absolute atomic E-state index is 5.54. The van der Waals surface area contributed by atoms with Gasteiger partial charge in [0.25, 0.3) is 0 Å². The standard InChI is InChI=1S/C19H28N4O/c1-5-18-20-8-10-23(18)16-7-6-9-22(12-16)13-17-15(3)19(24-4)14(2)11-21-17/h8,10-11,16H,5-7,9,12-13H2,1-4H3. The lowest BCUT2D eigenvalue weighted by Gasteiger charge is -2.34. The number of imidazole rings is 1. The molecule has 1 fully saturated rings. The molecule has 24 heavy (non-hydrogen) atoms. The van der Waals surface area contributed by atoms with Crippen LogP contribution in [0.3, 0.4) is 0 Å². The molecule has 0 bridgehead atoms.